The highest BCUT2D eigenvalue weighted by molar-refractivity contribution is 9.18. The number of ether oxygens (including phenoxy) is 2. The molecule has 0 saturated carbocycles. The Balaban J connectivity index is 1.90. The predicted octanol–water partition coefficient (Wildman–Crippen LogP) is 2.57. The average molecular weight is 286 g/mol. The van der Waals surface area contributed by atoms with Crippen molar-refractivity contribution < 1.29 is 14.3 Å². The molecule has 1 aromatic carbocycles. The van der Waals surface area contributed by atoms with Gasteiger partial charge in [-0.15, -0.1) is 0 Å². The van der Waals surface area contributed by atoms with Crippen molar-refractivity contribution >= 4 is 20.6 Å². The Morgan fingerprint density at radius 1 is 1.44 bits per heavy atom. The minimum atomic E-state index is -0.0284. The molecule has 0 bridgehead atoms. The third-order valence-corrected chi connectivity index (χ3v) is 2.66. The molecule has 5 heteroatoms. The van der Waals surface area contributed by atoms with Crippen molar-refractivity contribution in [2.75, 3.05) is 13.7 Å². The van der Waals surface area contributed by atoms with Gasteiger partial charge in [0.25, 0.3) is 0 Å². The Hall–Kier alpha value is -1.23. The molecular formula is C11H12BrNO3. The predicted molar refractivity (Wildman–Crippen MR) is 64.3 cm³/mol. The molecule has 1 unspecified atom stereocenters. The van der Waals surface area contributed by atoms with Gasteiger partial charge in [0.15, 0.2) is 17.6 Å². The zero-order valence-electron chi connectivity index (χ0n) is 8.85. The van der Waals surface area contributed by atoms with Crippen LogP contribution in [0.3, 0.4) is 0 Å². The lowest BCUT2D eigenvalue weighted by Gasteiger charge is -2.12. The number of halogens is 1. The van der Waals surface area contributed by atoms with Gasteiger partial charge in [0, 0.05) is 6.42 Å². The molecule has 0 amide bonds. The monoisotopic (exact) mass is 285 g/mol. The Kier molecular flexibility index (Phi) is 3.66. The second kappa shape index (κ2) is 5.21. The van der Waals surface area contributed by atoms with E-state index in [9.17, 15) is 0 Å². The van der Waals surface area contributed by atoms with E-state index in [0.717, 1.165) is 22.5 Å². The Morgan fingerprint density at radius 3 is 2.81 bits per heavy atom. The molecule has 16 heavy (non-hydrogen) atoms. The van der Waals surface area contributed by atoms with Gasteiger partial charge in [0.2, 0.25) is 0 Å². The largest absolute Gasteiger partial charge is 0.493 e. The molecule has 0 radical (unpaired) electrons. The normalized spacial score (nSPS) is 18.9. The molecule has 1 atom stereocenters. The number of rotatable bonds is 4. The van der Waals surface area contributed by atoms with E-state index in [1.54, 1.807) is 7.11 Å². The van der Waals surface area contributed by atoms with Crippen molar-refractivity contribution in [3.8, 4) is 11.5 Å². The third-order valence-electron chi connectivity index (χ3n) is 2.19. The fourth-order valence-corrected chi connectivity index (χ4v) is 1.85. The summed E-state index contributed by atoms with van der Waals surface area (Å²) in [5.74, 6) is 1.44. The van der Waals surface area contributed by atoms with Crippen LogP contribution < -0.4 is 9.47 Å². The van der Waals surface area contributed by atoms with E-state index in [4.69, 9.17) is 14.3 Å². The van der Waals surface area contributed by atoms with E-state index in [-0.39, 0.29) is 6.10 Å². The average Bonchev–Trinajstić information content (AvgIpc) is 2.73. The molecule has 0 spiro atoms. The van der Waals surface area contributed by atoms with Crippen molar-refractivity contribution in [2.45, 2.75) is 12.5 Å². The van der Waals surface area contributed by atoms with Crippen LogP contribution in [0.1, 0.15) is 6.42 Å². The van der Waals surface area contributed by atoms with E-state index >= 15 is 0 Å². The van der Waals surface area contributed by atoms with Crippen molar-refractivity contribution in [1.82, 2.24) is 0 Å². The van der Waals surface area contributed by atoms with E-state index in [2.05, 4.69) is 21.1 Å². The fraction of sp³-hybridized carbons (Fsp3) is 0.364. The number of nitrogens with zero attached hydrogens (tertiary/aromatic N) is 1. The maximum absolute atomic E-state index is 5.62. The summed E-state index contributed by atoms with van der Waals surface area (Å²) in [6.07, 6.45) is 0.717. The van der Waals surface area contributed by atoms with Crippen LogP contribution >= 0.6 is 15.9 Å². The van der Waals surface area contributed by atoms with Gasteiger partial charge in [-0.3, -0.25) is 0 Å². The number of hydrogen-bond acceptors (Lipinski definition) is 4. The summed E-state index contributed by atoms with van der Waals surface area (Å²) in [5, 5.41) is 3.79. The molecule has 1 heterocycles. The number of oxime groups is 1. The molecule has 1 aliphatic rings. The van der Waals surface area contributed by atoms with Gasteiger partial charge >= 0.3 is 0 Å². The second-order valence-electron chi connectivity index (χ2n) is 3.36. The lowest BCUT2D eigenvalue weighted by atomic mass is 10.3. The van der Waals surface area contributed by atoms with E-state index in [0.29, 0.717) is 6.61 Å². The van der Waals surface area contributed by atoms with Crippen LogP contribution in [0, 0.1) is 0 Å². The second-order valence-corrected chi connectivity index (χ2v) is 4.28. The lowest BCUT2D eigenvalue weighted by Crippen LogP contribution is -2.17. The first-order chi connectivity index (χ1) is 7.79. The van der Waals surface area contributed by atoms with E-state index in [1.807, 2.05) is 24.3 Å². The summed E-state index contributed by atoms with van der Waals surface area (Å²) in [5.41, 5.74) is 0. The number of para-hydroxylation sites is 2. The first-order valence-electron chi connectivity index (χ1n) is 4.93. The maximum Gasteiger partial charge on any atom is 0.167 e. The SMILES string of the molecule is COc1ccccc1OCC1CC(Br)=NO1. The van der Waals surface area contributed by atoms with Crippen LogP contribution in [0.15, 0.2) is 29.4 Å². The molecular weight excluding hydrogens is 274 g/mol. The highest BCUT2D eigenvalue weighted by Gasteiger charge is 2.20. The number of hydrogen-bond donors (Lipinski definition) is 0. The van der Waals surface area contributed by atoms with Crippen LogP contribution in [0.25, 0.3) is 0 Å². The molecule has 0 aliphatic carbocycles. The summed E-state index contributed by atoms with van der Waals surface area (Å²) >= 11 is 3.28. The minimum absolute atomic E-state index is 0.0284. The molecule has 2 rings (SSSR count). The molecule has 86 valence electrons. The van der Waals surface area contributed by atoms with Crippen molar-refractivity contribution in [1.29, 1.82) is 0 Å². The zero-order chi connectivity index (χ0) is 11.4. The quantitative estimate of drug-likeness (QED) is 0.854. The highest BCUT2D eigenvalue weighted by Crippen LogP contribution is 2.26. The molecule has 1 aliphatic heterocycles. The fourth-order valence-electron chi connectivity index (χ4n) is 1.40. The minimum Gasteiger partial charge on any atom is -0.493 e. The zero-order valence-corrected chi connectivity index (χ0v) is 10.4. The Labute approximate surface area is 102 Å². The van der Waals surface area contributed by atoms with Crippen LogP contribution in [0.5, 0.6) is 11.5 Å². The van der Waals surface area contributed by atoms with Crippen molar-refractivity contribution in [3.05, 3.63) is 24.3 Å². The van der Waals surface area contributed by atoms with Gasteiger partial charge in [-0.2, -0.15) is 0 Å². The van der Waals surface area contributed by atoms with E-state index < -0.39 is 0 Å². The third kappa shape index (κ3) is 2.66. The summed E-state index contributed by atoms with van der Waals surface area (Å²) in [4.78, 5) is 5.14. The van der Waals surface area contributed by atoms with Gasteiger partial charge in [-0.05, 0) is 28.1 Å². The molecule has 0 fully saturated rings. The number of benzene rings is 1. The van der Waals surface area contributed by atoms with Crippen molar-refractivity contribution in [2.24, 2.45) is 5.16 Å². The van der Waals surface area contributed by atoms with Crippen LogP contribution in [-0.2, 0) is 4.84 Å². The van der Waals surface area contributed by atoms with Gasteiger partial charge in [-0.25, -0.2) is 0 Å². The summed E-state index contributed by atoms with van der Waals surface area (Å²) in [7, 11) is 1.62. The molecule has 4 nitrogen and oxygen atoms in total. The van der Waals surface area contributed by atoms with Gasteiger partial charge in [0.05, 0.1) is 7.11 Å². The van der Waals surface area contributed by atoms with E-state index in [1.165, 1.54) is 0 Å². The highest BCUT2D eigenvalue weighted by atomic mass is 79.9. The smallest absolute Gasteiger partial charge is 0.167 e. The van der Waals surface area contributed by atoms with Crippen LogP contribution in [0.2, 0.25) is 0 Å². The first-order valence-corrected chi connectivity index (χ1v) is 5.73. The first kappa shape index (κ1) is 11.3. The molecule has 0 aromatic heterocycles. The standard InChI is InChI=1S/C11H12BrNO3/c1-14-9-4-2-3-5-10(9)15-7-8-6-11(12)13-16-8/h2-5,8H,6-7H2,1H3. The summed E-state index contributed by atoms with van der Waals surface area (Å²) in [6, 6.07) is 7.53. The van der Waals surface area contributed by atoms with Crippen LogP contribution in [-0.4, -0.2) is 24.4 Å². The Morgan fingerprint density at radius 2 is 2.19 bits per heavy atom. The van der Waals surface area contributed by atoms with Gasteiger partial charge in [0.1, 0.15) is 11.2 Å². The van der Waals surface area contributed by atoms with Gasteiger partial charge in [-0.1, -0.05) is 17.3 Å². The van der Waals surface area contributed by atoms with Crippen LogP contribution in [0.4, 0.5) is 0 Å². The molecule has 1 aromatic rings. The summed E-state index contributed by atoms with van der Waals surface area (Å²) < 4.78 is 11.6. The summed E-state index contributed by atoms with van der Waals surface area (Å²) in [6.45, 7) is 0.457. The maximum atomic E-state index is 5.62. The topological polar surface area (TPSA) is 40.0 Å². The van der Waals surface area contributed by atoms with Crippen molar-refractivity contribution in [3.63, 3.8) is 0 Å². The van der Waals surface area contributed by atoms with Gasteiger partial charge < -0.3 is 14.3 Å². The number of methoxy groups -OCH3 is 1. The molecule has 0 N–H and O–H groups in total. The molecule has 0 saturated heterocycles. The Bertz CT molecular complexity index is 395. The lowest BCUT2D eigenvalue weighted by molar-refractivity contribution is 0.0463.